The van der Waals surface area contributed by atoms with Crippen LogP contribution >= 0.6 is 11.6 Å². The van der Waals surface area contributed by atoms with Crippen molar-refractivity contribution in [1.82, 2.24) is 15.6 Å². The van der Waals surface area contributed by atoms with Crippen molar-refractivity contribution in [2.45, 2.75) is 56.7 Å². The van der Waals surface area contributed by atoms with Crippen molar-refractivity contribution in [3.63, 3.8) is 0 Å². The molecule has 1 aliphatic carbocycles. The maximum absolute atomic E-state index is 13.9. The molecule has 1 aromatic heterocycles. The standard InChI is InChI=1S/C30H30ClF4N3O4/c1-2-41-26(39)23-12-7-13-24(23)37-28(40)38-29(17-19-8-4-3-5-9-19,25-15-14-21(31)18-36-25)20-10-6-11-22(16-20)42-30(34,35)27(32)33/h3-6,8-11,14-16,18,23-24,27H,2,7,12-13,17H2,1H3,(H2,37,38,40)/t23-,24+,29+/m0/s1. The van der Waals surface area contributed by atoms with Crippen LogP contribution in [0.25, 0.3) is 0 Å². The molecule has 0 spiro atoms. The Labute approximate surface area is 245 Å². The van der Waals surface area contributed by atoms with E-state index >= 15 is 0 Å². The summed E-state index contributed by atoms with van der Waals surface area (Å²) in [6.07, 6.45) is -5.54. The number of nitrogens with one attached hydrogen (secondary N) is 2. The molecule has 1 aliphatic rings. The predicted octanol–water partition coefficient (Wildman–Crippen LogP) is 6.49. The van der Waals surface area contributed by atoms with E-state index in [0.29, 0.717) is 24.3 Å². The lowest BCUT2D eigenvalue weighted by atomic mass is 9.80. The molecule has 3 aromatic rings. The number of halogens is 5. The number of esters is 1. The third-order valence-corrected chi connectivity index (χ3v) is 7.28. The molecule has 0 aliphatic heterocycles. The topological polar surface area (TPSA) is 89.5 Å². The number of carbonyl (C=O) groups is 2. The first-order chi connectivity index (χ1) is 20.0. The predicted molar refractivity (Wildman–Crippen MR) is 148 cm³/mol. The Kier molecular flexibility index (Phi) is 9.93. The molecule has 2 amide bonds. The average Bonchev–Trinajstić information content (AvgIpc) is 3.41. The SMILES string of the molecule is CCOC(=O)[C@H]1CCC[C@H]1NC(=O)N[C@](Cc1ccccc1)(c1cccc(OC(F)(F)C(F)F)c1)c1ccc(Cl)cn1. The summed E-state index contributed by atoms with van der Waals surface area (Å²) in [7, 11) is 0. The number of aromatic nitrogens is 1. The number of nitrogens with zero attached hydrogens (tertiary/aromatic N) is 1. The zero-order chi connectivity index (χ0) is 30.3. The van der Waals surface area contributed by atoms with E-state index in [1.54, 1.807) is 37.3 Å². The largest absolute Gasteiger partial charge is 0.466 e. The number of alkyl halides is 4. The summed E-state index contributed by atoms with van der Waals surface area (Å²) in [5.74, 6) is -1.47. The lowest BCUT2D eigenvalue weighted by Crippen LogP contribution is -2.55. The molecule has 4 rings (SSSR count). The van der Waals surface area contributed by atoms with Crippen molar-refractivity contribution in [3.8, 4) is 5.75 Å². The highest BCUT2D eigenvalue weighted by Crippen LogP contribution is 2.37. The van der Waals surface area contributed by atoms with Gasteiger partial charge in [0.2, 0.25) is 0 Å². The van der Waals surface area contributed by atoms with Crippen molar-refractivity contribution in [2.75, 3.05) is 6.61 Å². The number of hydrogen-bond acceptors (Lipinski definition) is 5. The lowest BCUT2D eigenvalue weighted by molar-refractivity contribution is -0.253. The molecule has 1 saturated carbocycles. The van der Waals surface area contributed by atoms with Crippen LogP contribution in [0.15, 0.2) is 72.9 Å². The number of amides is 2. The number of ether oxygens (including phenoxy) is 2. The Morgan fingerprint density at radius 3 is 2.50 bits per heavy atom. The fourth-order valence-corrected chi connectivity index (χ4v) is 5.25. The van der Waals surface area contributed by atoms with E-state index in [4.69, 9.17) is 16.3 Å². The van der Waals surface area contributed by atoms with Crippen molar-refractivity contribution in [3.05, 3.63) is 94.8 Å². The number of pyridine rings is 1. The van der Waals surface area contributed by atoms with Gasteiger partial charge in [0.05, 0.1) is 23.2 Å². The van der Waals surface area contributed by atoms with Gasteiger partial charge in [-0.15, -0.1) is 0 Å². The van der Waals surface area contributed by atoms with E-state index in [9.17, 15) is 27.2 Å². The Balaban J connectivity index is 1.78. The van der Waals surface area contributed by atoms with Gasteiger partial charge in [-0.05, 0) is 55.2 Å². The molecule has 1 heterocycles. The number of hydrogen-bond donors (Lipinski definition) is 2. The Hall–Kier alpha value is -3.86. The summed E-state index contributed by atoms with van der Waals surface area (Å²) in [6, 6.07) is 16.2. The normalized spacial score (nSPS) is 18.3. The molecule has 7 nitrogen and oxygen atoms in total. The fraction of sp³-hybridized carbons (Fsp3) is 0.367. The molecule has 0 unspecified atom stereocenters. The van der Waals surface area contributed by atoms with Crippen LogP contribution in [0.4, 0.5) is 22.4 Å². The maximum Gasteiger partial charge on any atom is 0.461 e. The summed E-state index contributed by atoms with van der Waals surface area (Å²) >= 11 is 6.11. The van der Waals surface area contributed by atoms with E-state index in [1.165, 1.54) is 12.3 Å². The van der Waals surface area contributed by atoms with E-state index in [0.717, 1.165) is 17.7 Å². The third-order valence-electron chi connectivity index (χ3n) is 7.06. The minimum Gasteiger partial charge on any atom is -0.466 e. The second-order valence-electron chi connectivity index (χ2n) is 9.92. The summed E-state index contributed by atoms with van der Waals surface area (Å²) in [4.78, 5) is 30.6. The van der Waals surface area contributed by atoms with E-state index in [-0.39, 0.29) is 24.3 Å². The van der Waals surface area contributed by atoms with Gasteiger partial charge in [-0.3, -0.25) is 9.78 Å². The molecular weight excluding hydrogens is 578 g/mol. The maximum atomic E-state index is 13.9. The van der Waals surface area contributed by atoms with Crippen LogP contribution in [0.5, 0.6) is 5.75 Å². The van der Waals surface area contributed by atoms with Gasteiger partial charge in [-0.1, -0.05) is 60.5 Å². The van der Waals surface area contributed by atoms with Crippen LogP contribution in [0.2, 0.25) is 5.02 Å². The number of rotatable bonds is 11. The molecule has 1 fully saturated rings. The van der Waals surface area contributed by atoms with Gasteiger partial charge >= 0.3 is 24.5 Å². The summed E-state index contributed by atoms with van der Waals surface area (Å²) in [5, 5.41) is 6.15. The molecule has 3 atom stereocenters. The highest BCUT2D eigenvalue weighted by atomic mass is 35.5. The van der Waals surface area contributed by atoms with Gasteiger partial charge in [-0.2, -0.15) is 17.6 Å². The fourth-order valence-electron chi connectivity index (χ4n) is 5.14. The first-order valence-electron chi connectivity index (χ1n) is 13.4. The van der Waals surface area contributed by atoms with Gasteiger partial charge in [0.15, 0.2) is 0 Å². The van der Waals surface area contributed by atoms with E-state index < -0.39 is 47.8 Å². The minimum absolute atomic E-state index is 0.0799. The zero-order valence-corrected chi connectivity index (χ0v) is 23.4. The monoisotopic (exact) mass is 607 g/mol. The number of urea groups is 1. The van der Waals surface area contributed by atoms with Crippen LogP contribution in [0, 0.1) is 5.92 Å². The van der Waals surface area contributed by atoms with E-state index in [2.05, 4.69) is 20.4 Å². The molecule has 2 aromatic carbocycles. The Bertz CT molecular complexity index is 1360. The molecule has 224 valence electrons. The molecule has 0 saturated heterocycles. The molecule has 0 bridgehead atoms. The molecule has 0 radical (unpaired) electrons. The van der Waals surface area contributed by atoms with Crippen LogP contribution in [0.3, 0.4) is 0 Å². The Morgan fingerprint density at radius 1 is 1.07 bits per heavy atom. The smallest absolute Gasteiger partial charge is 0.461 e. The summed E-state index contributed by atoms with van der Waals surface area (Å²) in [5.41, 5.74) is -0.263. The van der Waals surface area contributed by atoms with Crippen molar-refractivity contribution in [2.24, 2.45) is 5.92 Å². The first-order valence-corrected chi connectivity index (χ1v) is 13.8. The zero-order valence-electron chi connectivity index (χ0n) is 22.7. The second-order valence-corrected chi connectivity index (χ2v) is 10.4. The highest BCUT2D eigenvalue weighted by Gasteiger charge is 2.45. The summed E-state index contributed by atoms with van der Waals surface area (Å²) in [6.45, 7) is 1.91. The van der Waals surface area contributed by atoms with Gasteiger partial charge < -0.3 is 20.1 Å². The van der Waals surface area contributed by atoms with Gasteiger partial charge in [0.1, 0.15) is 11.3 Å². The van der Waals surface area contributed by atoms with Crippen molar-refractivity contribution < 1.29 is 36.6 Å². The van der Waals surface area contributed by atoms with Crippen LogP contribution in [-0.4, -0.2) is 42.2 Å². The van der Waals surface area contributed by atoms with Crippen molar-refractivity contribution >= 4 is 23.6 Å². The second kappa shape index (κ2) is 13.4. The summed E-state index contributed by atoms with van der Waals surface area (Å²) < 4.78 is 63.1. The van der Waals surface area contributed by atoms with Crippen LogP contribution in [-0.2, 0) is 21.5 Å². The van der Waals surface area contributed by atoms with Gasteiger partial charge in [0, 0.05) is 18.7 Å². The quantitative estimate of drug-likeness (QED) is 0.192. The number of carbonyl (C=O) groups excluding carboxylic acids is 2. The minimum atomic E-state index is -4.74. The molecule has 2 N–H and O–H groups in total. The van der Waals surface area contributed by atoms with Gasteiger partial charge in [-0.25, -0.2) is 4.79 Å². The third kappa shape index (κ3) is 7.31. The molecular formula is C30H30ClF4N3O4. The van der Waals surface area contributed by atoms with Crippen molar-refractivity contribution in [1.29, 1.82) is 0 Å². The van der Waals surface area contributed by atoms with Crippen LogP contribution in [0.1, 0.15) is 43.0 Å². The lowest BCUT2D eigenvalue weighted by Gasteiger charge is -2.36. The van der Waals surface area contributed by atoms with E-state index in [1.807, 2.05) is 18.2 Å². The van der Waals surface area contributed by atoms with Gasteiger partial charge in [0.25, 0.3) is 0 Å². The number of benzene rings is 2. The first kappa shape index (κ1) is 31.1. The average molecular weight is 608 g/mol. The molecule has 12 heteroatoms. The molecule has 42 heavy (non-hydrogen) atoms. The highest BCUT2D eigenvalue weighted by molar-refractivity contribution is 6.30. The Morgan fingerprint density at radius 2 is 1.83 bits per heavy atom. The van der Waals surface area contributed by atoms with Crippen LogP contribution < -0.4 is 15.4 Å².